The van der Waals surface area contributed by atoms with Crippen LogP contribution < -0.4 is 0 Å². The van der Waals surface area contributed by atoms with E-state index in [9.17, 15) is 9.90 Å². The number of ether oxygens (including phenoxy) is 2. The lowest BCUT2D eigenvalue weighted by molar-refractivity contribution is -0.153. The molecule has 4 heteroatoms. The smallest absolute Gasteiger partial charge is 0.309 e. The third kappa shape index (κ3) is 6.35. The van der Waals surface area contributed by atoms with Crippen LogP contribution in [0, 0.1) is 11.3 Å². The van der Waals surface area contributed by atoms with Crippen molar-refractivity contribution < 1.29 is 19.4 Å². The number of carbonyl (C=O) groups is 1. The van der Waals surface area contributed by atoms with Gasteiger partial charge in [-0.1, -0.05) is 26.2 Å². The van der Waals surface area contributed by atoms with Crippen LogP contribution in [-0.2, 0) is 14.3 Å². The predicted octanol–water partition coefficient (Wildman–Crippen LogP) is 3.88. The summed E-state index contributed by atoms with van der Waals surface area (Å²) in [5, 5.41) is 9.62. The SMILES string of the molecule is CCCCC1CCC(CCOCCCOC)(C(=O)O)CC1. The van der Waals surface area contributed by atoms with Crippen LogP contribution in [-0.4, -0.2) is 38.0 Å². The highest BCUT2D eigenvalue weighted by atomic mass is 16.5. The second-order valence-corrected chi connectivity index (χ2v) is 6.38. The second-order valence-electron chi connectivity index (χ2n) is 6.38. The van der Waals surface area contributed by atoms with Gasteiger partial charge in [-0.05, 0) is 44.4 Å². The molecular weight excluding hydrogens is 268 g/mol. The Balaban J connectivity index is 2.31. The first-order valence-electron chi connectivity index (χ1n) is 8.44. The van der Waals surface area contributed by atoms with Gasteiger partial charge in [0.25, 0.3) is 0 Å². The van der Waals surface area contributed by atoms with Gasteiger partial charge in [0.2, 0.25) is 0 Å². The summed E-state index contributed by atoms with van der Waals surface area (Å²) in [6.07, 6.45) is 9.05. The Kier molecular flexibility index (Phi) is 8.93. The zero-order valence-corrected chi connectivity index (χ0v) is 13.7. The van der Waals surface area contributed by atoms with Crippen LogP contribution in [0.4, 0.5) is 0 Å². The number of rotatable bonds is 11. The van der Waals surface area contributed by atoms with Gasteiger partial charge in [-0.2, -0.15) is 0 Å². The topological polar surface area (TPSA) is 55.8 Å². The summed E-state index contributed by atoms with van der Waals surface area (Å²) in [4.78, 5) is 11.7. The quantitative estimate of drug-likeness (QED) is 0.588. The maximum Gasteiger partial charge on any atom is 0.309 e. The first-order chi connectivity index (χ1) is 10.1. The van der Waals surface area contributed by atoms with Crippen molar-refractivity contribution in [2.45, 2.75) is 64.7 Å². The maximum absolute atomic E-state index is 11.7. The van der Waals surface area contributed by atoms with Crippen molar-refractivity contribution in [3.8, 4) is 0 Å². The number of aliphatic carboxylic acids is 1. The Morgan fingerprint density at radius 3 is 2.48 bits per heavy atom. The van der Waals surface area contributed by atoms with Crippen LogP contribution in [0.1, 0.15) is 64.7 Å². The van der Waals surface area contributed by atoms with Crippen molar-refractivity contribution in [3.05, 3.63) is 0 Å². The monoisotopic (exact) mass is 300 g/mol. The molecule has 0 atom stereocenters. The summed E-state index contributed by atoms with van der Waals surface area (Å²) < 4.78 is 10.5. The fourth-order valence-electron chi connectivity index (χ4n) is 3.26. The van der Waals surface area contributed by atoms with Crippen LogP contribution in [0.25, 0.3) is 0 Å². The number of hydrogen-bond donors (Lipinski definition) is 1. The van der Waals surface area contributed by atoms with Crippen molar-refractivity contribution in [1.29, 1.82) is 0 Å². The molecule has 0 aromatic heterocycles. The average Bonchev–Trinajstić information content (AvgIpc) is 2.49. The molecule has 1 saturated carbocycles. The molecule has 0 amide bonds. The Hall–Kier alpha value is -0.610. The van der Waals surface area contributed by atoms with Gasteiger partial charge in [0.1, 0.15) is 0 Å². The second kappa shape index (κ2) is 10.2. The molecule has 21 heavy (non-hydrogen) atoms. The molecule has 1 N–H and O–H groups in total. The lowest BCUT2D eigenvalue weighted by Crippen LogP contribution is -2.36. The highest BCUT2D eigenvalue weighted by Gasteiger charge is 2.41. The zero-order chi connectivity index (χ0) is 15.6. The van der Waals surface area contributed by atoms with E-state index in [0.717, 1.165) is 38.0 Å². The van der Waals surface area contributed by atoms with Gasteiger partial charge in [-0.3, -0.25) is 4.79 Å². The summed E-state index contributed by atoms with van der Waals surface area (Å²) in [5.41, 5.74) is -0.538. The fraction of sp³-hybridized carbons (Fsp3) is 0.941. The van der Waals surface area contributed by atoms with Gasteiger partial charge in [0.15, 0.2) is 0 Å². The summed E-state index contributed by atoms with van der Waals surface area (Å²) >= 11 is 0. The van der Waals surface area contributed by atoms with Gasteiger partial charge in [0, 0.05) is 26.9 Å². The molecule has 124 valence electrons. The molecule has 0 aromatic carbocycles. The highest BCUT2D eigenvalue weighted by Crippen LogP contribution is 2.43. The number of carboxylic acids is 1. The molecule has 4 nitrogen and oxygen atoms in total. The first-order valence-corrected chi connectivity index (χ1v) is 8.44. The normalized spacial score (nSPS) is 25.9. The maximum atomic E-state index is 11.7. The van der Waals surface area contributed by atoms with E-state index in [1.165, 1.54) is 19.3 Å². The van der Waals surface area contributed by atoms with Crippen molar-refractivity contribution in [3.63, 3.8) is 0 Å². The molecule has 1 aliphatic rings. The van der Waals surface area contributed by atoms with E-state index in [1.807, 2.05) is 0 Å². The highest BCUT2D eigenvalue weighted by molar-refractivity contribution is 5.74. The van der Waals surface area contributed by atoms with Gasteiger partial charge >= 0.3 is 5.97 Å². The van der Waals surface area contributed by atoms with E-state index in [0.29, 0.717) is 26.2 Å². The van der Waals surface area contributed by atoms with E-state index in [2.05, 4.69) is 6.92 Å². The van der Waals surface area contributed by atoms with E-state index < -0.39 is 11.4 Å². The predicted molar refractivity (Wildman–Crippen MR) is 83.5 cm³/mol. The van der Waals surface area contributed by atoms with E-state index in [4.69, 9.17) is 9.47 Å². The lowest BCUT2D eigenvalue weighted by atomic mass is 9.68. The summed E-state index contributed by atoms with van der Waals surface area (Å²) in [6, 6.07) is 0. The standard InChI is InChI=1S/C17H32O4/c1-3-4-6-15-7-9-17(10-8-15,16(18)19)11-14-21-13-5-12-20-2/h15H,3-14H2,1-2H3,(H,18,19). The Labute approximate surface area is 129 Å². The molecule has 1 fully saturated rings. The van der Waals surface area contributed by atoms with Crippen molar-refractivity contribution in [2.75, 3.05) is 26.9 Å². The van der Waals surface area contributed by atoms with Crippen molar-refractivity contribution in [1.82, 2.24) is 0 Å². The van der Waals surface area contributed by atoms with Crippen LogP contribution >= 0.6 is 0 Å². The molecule has 0 unspecified atom stereocenters. The van der Waals surface area contributed by atoms with Gasteiger partial charge in [0.05, 0.1) is 5.41 Å². The van der Waals surface area contributed by atoms with Crippen LogP contribution in [0.3, 0.4) is 0 Å². The number of methoxy groups -OCH3 is 1. The molecule has 1 aliphatic carbocycles. The molecule has 0 spiro atoms. The molecule has 0 bridgehead atoms. The fourth-order valence-corrected chi connectivity index (χ4v) is 3.26. The van der Waals surface area contributed by atoms with Crippen LogP contribution in [0.15, 0.2) is 0 Å². The largest absolute Gasteiger partial charge is 0.481 e. The first kappa shape index (κ1) is 18.4. The molecule has 0 saturated heterocycles. The Morgan fingerprint density at radius 2 is 1.90 bits per heavy atom. The number of carboxylic acid groups (broad SMARTS) is 1. The third-order valence-corrected chi connectivity index (χ3v) is 4.84. The van der Waals surface area contributed by atoms with E-state index in [-0.39, 0.29) is 0 Å². The average molecular weight is 300 g/mol. The molecule has 0 aliphatic heterocycles. The molecule has 0 radical (unpaired) electrons. The van der Waals surface area contributed by atoms with Gasteiger partial charge < -0.3 is 14.6 Å². The molecular formula is C17H32O4. The minimum absolute atomic E-state index is 0.538. The minimum Gasteiger partial charge on any atom is -0.481 e. The Bertz CT molecular complexity index is 283. The summed E-state index contributed by atoms with van der Waals surface area (Å²) in [5.74, 6) is 0.108. The third-order valence-electron chi connectivity index (χ3n) is 4.84. The summed E-state index contributed by atoms with van der Waals surface area (Å²) in [7, 11) is 1.68. The number of unbranched alkanes of at least 4 members (excludes halogenated alkanes) is 1. The van der Waals surface area contributed by atoms with Crippen molar-refractivity contribution >= 4 is 5.97 Å². The minimum atomic E-state index is -0.628. The van der Waals surface area contributed by atoms with Crippen LogP contribution in [0.5, 0.6) is 0 Å². The molecule has 0 heterocycles. The molecule has 0 aromatic rings. The van der Waals surface area contributed by atoms with E-state index in [1.54, 1.807) is 7.11 Å². The van der Waals surface area contributed by atoms with Crippen molar-refractivity contribution in [2.24, 2.45) is 11.3 Å². The summed E-state index contributed by atoms with van der Waals surface area (Å²) in [6.45, 7) is 4.12. The van der Waals surface area contributed by atoms with Gasteiger partial charge in [-0.25, -0.2) is 0 Å². The zero-order valence-electron chi connectivity index (χ0n) is 13.7. The number of hydrogen-bond acceptors (Lipinski definition) is 3. The van der Waals surface area contributed by atoms with Crippen LogP contribution in [0.2, 0.25) is 0 Å². The van der Waals surface area contributed by atoms with Gasteiger partial charge in [-0.15, -0.1) is 0 Å². The lowest BCUT2D eigenvalue weighted by Gasteiger charge is -2.37. The molecule has 1 rings (SSSR count). The Morgan fingerprint density at radius 1 is 1.19 bits per heavy atom. The van der Waals surface area contributed by atoms with E-state index >= 15 is 0 Å².